The minimum Gasteiger partial charge on any atom is -0.325 e. The number of amides is 1. The number of nitrogens with one attached hydrogen (secondary N) is 1. The first-order valence-electron chi connectivity index (χ1n) is 9.63. The van der Waals surface area contributed by atoms with Crippen LogP contribution in [0.1, 0.15) is 16.7 Å². The van der Waals surface area contributed by atoms with Crippen LogP contribution in [0, 0.1) is 13.8 Å². The molecule has 0 aliphatic carbocycles. The summed E-state index contributed by atoms with van der Waals surface area (Å²) in [7, 11) is 0. The summed E-state index contributed by atoms with van der Waals surface area (Å²) in [5.74, 6) is 0.0671. The summed E-state index contributed by atoms with van der Waals surface area (Å²) < 4.78 is 0. The highest BCUT2D eigenvalue weighted by molar-refractivity contribution is 5.92. The summed E-state index contributed by atoms with van der Waals surface area (Å²) in [6, 6.07) is 16.5. The van der Waals surface area contributed by atoms with Gasteiger partial charge in [0.1, 0.15) is 0 Å². The lowest BCUT2D eigenvalue weighted by Gasteiger charge is -2.33. The van der Waals surface area contributed by atoms with E-state index in [1.807, 2.05) is 32.0 Å². The van der Waals surface area contributed by atoms with Gasteiger partial charge in [0.15, 0.2) is 0 Å². The molecule has 0 radical (unpaired) electrons. The molecule has 2 aromatic carbocycles. The Balaban J connectivity index is 0.00000280. The van der Waals surface area contributed by atoms with E-state index in [0.717, 1.165) is 38.4 Å². The van der Waals surface area contributed by atoms with Crippen molar-refractivity contribution in [2.75, 3.05) is 44.6 Å². The van der Waals surface area contributed by atoms with Crippen LogP contribution in [0.3, 0.4) is 0 Å². The number of nitrogens with zero attached hydrogens (tertiary/aromatic N) is 2. The highest BCUT2D eigenvalue weighted by Gasteiger charge is 2.18. The van der Waals surface area contributed by atoms with Crippen LogP contribution in [-0.2, 0) is 4.79 Å². The molecule has 150 valence electrons. The SMILES string of the molecule is Cc1cc(C)cc(NC(=O)CN2CCN(C/C=C/c3ccccc3)CC2)c1.Cl. The Labute approximate surface area is 174 Å². The standard InChI is InChI=1S/C23H29N3O.ClH/c1-19-15-20(2)17-22(16-19)24-23(27)18-26-13-11-25(12-14-26)10-6-9-21-7-4-3-5-8-21;/h3-9,15-17H,10-14,18H2,1-2H3,(H,24,27);1H/b9-6+;. The fourth-order valence-corrected chi connectivity index (χ4v) is 3.48. The Bertz CT molecular complexity index is 763. The van der Waals surface area contributed by atoms with Gasteiger partial charge in [0.2, 0.25) is 5.91 Å². The smallest absolute Gasteiger partial charge is 0.238 e. The van der Waals surface area contributed by atoms with Gasteiger partial charge in [-0.25, -0.2) is 0 Å². The van der Waals surface area contributed by atoms with Crippen LogP contribution in [-0.4, -0.2) is 55.0 Å². The number of halogens is 1. The molecular formula is C23H30ClN3O. The van der Waals surface area contributed by atoms with Crippen LogP contribution in [0.15, 0.2) is 54.6 Å². The van der Waals surface area contributed by atoms with Crippen molar-refractivity contribution in [2.45, 2.75) is 13.8 Å². The van der Waals surface area contributed by atoms with Crippen molar-refractivity contribution in [1.29, 1.82) is 0 Å². The molecule has 1 heterocycles. The van der Waals surface area contributed by atoms with E-state index in [4.69, 9.17) is 0 Å². The fraction of sp³-hybridized carbons (Fsp3) is 0.348. The highest BCUT2D eigenvalue weighted by atomic mass is 35.5. The molecule has 1 saturated heterocycles. The third-order valence-corrected chi connectivity index (χ3v) is 4.81. The Morgan fingerprint density at radius 1 is 0.964 bits per heavy atom. The second-order valence-electron chi connectivity index (χ2n) is 7.31. The van der Waals surface area contributed by atoms with Gasteiger partial charge in [-0.15, -0.1) is 12.4 Å². The van der Waals surface area contributed by atoms with E-state index < -0.39 is 0 Å². The summed E-state index contributed by atoms with van der Waals surface area (Å²) in [5, 5.41) is 3.03. The average Bonchev–Trinajstić information content (AvgIpc) is 2.63. The molecule has 4 nitrogen and oxygen atoms in total. The summed E-state index contributed by atoms with van der Waals surface area (Å²) in [6.07, 6.45) is 4.39. The van der Waals surface area contributed by atoms with E-state index >= 15 is 0 Å². The van der Waals surface area contributed by atoms with Gasteiger partial charge < -0.3 is 5.32 Å². The molecule has 0 saturated carbocycles. The Morgan fingerprint density at radius 2 is 1.57 bits per heavy atom. The van der Waals surface area contributed by atoms with Gasteiger partial charge in [-0.05, 0) is 42.7 Å². The molecular weight excluding hydrogens is 370 g/mol. The lowest BCUT2D eigenvalue weighted by Crippen LogP contribution is -2.48. The molecule has 1 aliphatic rings. The fourth-order valence-electron chi connectivity index (χ4n) is 3.48. The minimum absolute atomic E-state index is 0. The number of piperazine rings is 1. The molecule has 1 N–H and O–H groups in total. The second kappa shape index (κ2) is 11.0. The summed E-state index contributed by atoms with van der Waals surface area (Å²) in [6.45, 7) is 9.37. The van der Waals surface area contributed by atoms with Crippen molar-refractivity contribution < 1.29 is 4.79 Å². The van der Waals surface area contributed by atoms with Gasteiger partial charge in [0.25, 0.3) is 0 Å². The minimum atomic E-state index is 0. The molecule has 2 aromatic rings. The number of anilines is 1. The van der Waals surface area contributed by atoms with Gasteiger partial charge in [0.05, 0.1) is 6.54 Å². The summed E-state index contributed by atoms with van der Waals surface area (Å²) >= 11 is 0. The predicted octanol–water partition coefficient (Wildman–Crippen LogP) is 3.99. The molecule has 0 spiro atoms. The van der Waals surface area contributed by atoms with Crippen molar-refractivity contribution in [1.82, 2.24) is 9.80 Å². The molecule has 1 aliphatic heterocycles. The van der Waals surface area contributed by atoms with Crippen molar-refractivity contribution in [3.63, 3.8) is 0 Å². The third-order valence-electron chi connectivity index (χ3n) is 4.81. The highest BCUT2D eigenvalue weighted by Crippen LogP contribution is 2.14. The molecule has 0 unspecified atom stereocenters. The monoisotopic (exact) mass is 399 g/mol. The van der Waals surface area contributed by atoms with Crippen LogP contribution in [0.2, 0.25) is 0 Å². The van der Waals surface area contributed by atoms with E-state index in [9.17, 15) is 4.79 Å². The molecule has 1 fully saturated rings. The molecule has 0 aromatic heterocycles. The number of benzene rings is 2. The Kier molecular flexibility index (Phi) is 8.71. The number of rotatable bonds is 6. The number of carbonyl (C=O) groups excluding carboxylic acids is 1. The zero-order valence-corrected chi connectivity index (χ0v) is 17.5. The lowest BCUT2D eigenvalue weighted by atomic mass is 10.1. The van der Waals surface area contributed by atoms with Gasteiger partial charge in [0, 0.05) is 38.4 Å². The van der Waals surface area contributed by atoms with Crippen molar-refractivity contribution in [2.24, 2.45) is 0 Å². The van der Waals surface area contributed by atoms with E-state index in [2.05, 4.69) is 57.6 Å². The summed E-state index contributed by atoms with van der Waals surface area (Å²) in [5.41, 5.74) is 4.46. The Hall–Kier alpha value is -2.14. The molecule has 5 heteroatoms. The van der Waals surface area contributed by atoms with Crippen LogP contribution in [0.4, 0.5) is 5.69 Å². The first-order valence-corrected chi connectivity index (χ1v) is 9.63. The van der Waals surface area contributed by atoms with E-state index in [0.29, 0.717) is 6.54 Å². The van der Waals surface area contributed by atoms with E-state index in [1.54, 1.807) is 0 Å². The summed E-state index contributed by atoms with van der Waals surface area (Å²) in [4.78, 5) is 17.0. The molecule has 1 amide bonds. The molecule has 0 bridgehead atoms. The van der Waals surface area contributed by atoms with Crippen LogP contribution >= 0.6 is 12.4 Å². The lowest BCUT2D eigenvalue weighted by molar-refractivity contribution is -0.117. The zero-order valence-electron chi connectivity index (χ0n) is 16.7. The van der Waals surface area contributed by atoms with Crippen molar-refractivity contribution >= 4 is 30.1 Å². The second-order valence-corrected chi connectivity index (χ2v) is 7.31. The molecule has 3 rings (SSSR count). The third kappa shape index (κ3) is 7.12. The predicted molar refractivity (Wildman–Crippen MR) is 120 cm³/mol. The number of carbonyl (C=O) groups is 1. The van der Waals surface area contributed by atoms with E-state index in [-0.39, 0.29) is 18.3 Å². The topological polar surface area (TPSA) is 35.6 Å². The quantitative estimate of drug-likeness (QED) is 0.797. The molecule has 28 heavy (non-hydrogen) atoms. The van der Waals surface area contributed by atoms with Crippen LogP contribution < -0.4 is 5.32 Å². The van der Waals surface area contributed by atoms with E-state index in [1.165, 1.54) is 16.7 Å². The largest absolute Gasteiger partial charge is 0.325 e. The average molecular weight is 400 g/mol. The zero-order chi connectivity index (χ0) is 19.1. The van der Waals surface area contributed by atoms with Crippen molar-refractivity contribution in [3.05, 3.63) is 71.3 Å². The van der Waals surface area contributed by atoms with Gasteiger partial charge in [-0.2, -0.15) is 0 Å². The number of hydrogen-bond acceptors (Lipinski definition) is 3. The first-order chi connectivity index (χ1) is 13.1. The molecule has 0 atom stereocenters. The van der Waals surface area contributed by atoms with Crippen LogP contribution in [0.5, 0.6) is 0 Å². The van der Waals surface area contributed by atoms with Gasteiger partial charge in [-0.1, -0.05) is 48.6 Å². The maximum atomic E-state index is 12.3. The van der Waals surface area contributed by atoms with Gasteiger partial charge in [-0.3, -0.25) is 14.6 Å². The normalized spacial score (nSPS) is 15.4. The maximum absolute atomic E-state index is 12.3. The van der Waals surface area contributed by atoms with Crippen molar-refractivity contribution in [3.8, 4) is 0 Å². The first kappa shape index (κ1) is 22.2. The number of hydrogen-bond donors (Lipinski definition) is 1. The number of aryl methyl sites for hydroxylation is 2. The maximum Gasteiger partial charge on any atom is 0.238 e. The Morgan fingerprint density at radius 3 is 2.21 bits per heavy atom. The van der Waals surface area contributed by atoms with Gasteiger partial charge >= 0.3 is 0 Å². The van der Waals surface area contributed by atoms with Crippen LogP contribution in [0.25, 0.3) is 6.08 Å².